The molecule has 0 bridgehead atoms. The predicted molar refractivity (Wildman–Crippen MR) is 68.1 cm³/mol. The van der Waals surface area contributed by atoms with E-state index in [1.807, 2.05) is 30.3 Å². The maximum Gasteiger partial charge on any atom is 0.178 e. The van der Waals surface area contributed by atoms with Crippen molar-refractivity contribution in [3.8, 4) is 11.4 Å². The summed E-state index contributed by atoms with van der Waals surface area (Å²) in [6.45, 7) is 0. The zero-order valence-electron chi connectivity index (χ0n) is 9.01. The smallest absolute Gasteiger partial charge is 0.178 e. The van der Waals surface area contributed by atoms with Crippen LogP contribution in [-0.2, 0) is 0 Å². The van der Waals surface area contributed by atoms with Crippen molar-refractivity contribution in [2.24, 2.45) is 0 Å². The molecule has 1 aromatic carbocycles. The van der Waals surface area contributed by atoms with Gasteiger partial charge in [-0.05, 0) is 18.2 Å². The van der Waals surface area contributed by atoms with Crippen LogP contribution in [0, 0.1) is 0 Å². The minimum absolute atomic E-state index is 0.611. The average molecular weight is 225 g/mol. The Kier molecular flexibility index (Phi) is 1.98. The molecule has 0 saturated carbocycles. The van der Waals surface area contributed by atoms with Gasteiger partial charge < -0.3 is 16.5 Å². The van der Waals surface area contributed by atoms with E-state index in [1.165, 1.54) is 0 Å². The SMILES string of the molecule is Nc1cccc(-c2nc3ncc(N)cc3[nH]2)c1. The van der Waals surface area contributed by atoms with Crippen molar-refractivity contribution < 1.29 is 0 Å². The molecule has 3 aromatic rings. The summed E-state index contributed by atoms with van der Waals surface area (Å²) in [5.41, 5.74) is 15.1. The van der Waals surface area contributed by atoms with Gasteiger partial charge in [0.2, 0.25) is 0 Å². The molecule has 2 heterocycles. The van der Waals surface area contributed by atoms with Crippen molar-refractivity contribution in [3.05, 3.63) is 36.5 Å². The number of anilines is 2. The van der Waals surface area contributed by atoms with Crippen LogP contribution in [0.25, 0.3) is 22.6 Å². The Labute approximate surface area is 97.5 Å². The van der Waals surface area contributed by atoms with Crippen molar-refractivity contribution in [2.75, 3.05) is 11.5 Å². The van der Waals surface area contributed by atoms with E-state index in [0.29, 0.717) is 17.0 Å². The van der Waals surface area contributed by atoms with Gasteiger partial charge in [0.25, 0.3) is 0 Å². The van der Waals surface area contributed by atoms with Gasteiger partial charge in [0.1, 0.15) is 5.82 Å². The number of fused-ring (bicyclic) bond motifs is 1. The van der Waals surface area contributed by atoms with E-state index in [9.17, 15) is 0 Å². The molecule has 0 aliphatic rings. The summed E-state index contributed by atoms with van der Waals surface area (Å²) in [7, 11) is 0. The second kappa shape index (κ2) is 3.48. The average Bonchev–Trinajstić information content (AvgIpc) is 2.72. The number of H-pyrrole nitrogens is 1. The second-order valence-corrected chi connectivity index (χ2v) is 3.85. The molecule has 0 saturated heterocycles. The lowest BCUT2D eigenvalue weighted by atomic mass is 10.2. The van der Waals surface area contributed by atoms with Crippen molar-refractivity contribution >= 4 is 22.5 Å². The summed E-state index contributed by atoms with van der Waals surface area (Å²) in [4.78, 5) is 11.7. The number of hydrogen-bond donors (Lipinski definition) is 3. The number of aromatic nitrogens is 3. The first-order valence-electron chi connectivity index (χ1n) is 5.19. The molecule has 5 heteroatoms. The highest BCUT2D eigenvalue weighted by molar-refractivity contribution is 5.78. The third-order valence-electron chi connectivity index (χ3n) is 2.52. The zero-order chi connectivity index (χ0) is 11.8. The highest BCUT2D eigenvalue weighted by Crippen LogP contribution is 2.21. The molecule has 0 radical (unpaired) electrons. The van der Waals surface area contributed by atoms with Crippen LogP contribution in [0.3, 0.4) is 0 Å². The van der Waals surface area contributed by atoms with Crippen LogP contribution >= 0.6 is 0 Å². The number of imidazole rings is 1. The fraction of sp³-hybridized carbons (Fsp3) is 0. The van der Waals surface area contributed by atoms with Crippen LogP contribution in [0.4, 0.5) is 11.4 Å². The van der Waals surface area contributed by atoms with Gasteiger partial charge in [-0.15, -0.1) is 0 Å². The standard InChI is InChI=1S/C12H11N5/c13-8-3-1-2-7(4-8)11-16-10-5-9(14)6-15-12(10)17-11/h1-6H,13-14H2,(H,15,16,17). The minimum atomic E-state index is 0.611. The zero-order valence-corrected chi connectivity index (χ0v) is 9.01. The molecule has 3 rings (SSSR count). The fourth-order valence-electron chi connectivity index (χ4n) is 1.74. The summed E-state index contributed by atoms with van der Waals surface area (Å²) in [5.74, 6) is 0.741. The van der Waals surface area contributed by atoms with E-state index in [1.54, 1.807) is 6.20 Å². The lowest BCUT2D eigenvalue weighted by Crippen LogP contribution is -1.86. The molecule has 0 spiro atoms. The third-order valence-corrected chi connectivity index (χ3v) is 2.52. The Bertz CT molecular complexity index is 686. The number of nitrogens with one attached hydrogen (secondary N) is 1. The largest absolute Gasteiger partial charge is 0.399 e. The highest BCUT2D eigenvalue weighted by Gasteiger charge is 2.06. The number of nitrogens with two attached hydrogens (primary N) is 2. The minimum Gasteiger partial charge on any atom is -0.399 e. The first-order valence-corrected chi connectivity index (χ1v) is 5.19. The van der Waals surface area contributed by atoms with Crippen molar-refractivity contribution in [1.82, 2.24) is 15.0 Å². The van der Waals surface area contributed by atoms with Crippen molar-refractivity contribution in [1.29, 1.82) is 0 Å². The summed E-state index contributed by atoms with van der Waals surface area (Å²) in [5, 5.41) is 0. The molecular weight excluding hydrogens is 214 g/mol. The summed E-state index contributed by atoms with van der Waals surface area (Å²) in [6, 6.07) is 9.34. The monoisotopic (exact) mass is 225 g/mol. The van der Waals surface area contributed by atoms with E-state index in [4.69, 9.17) is 11.5 Å². The number of nitrogens with zero attached hydrogens (tertiary/aromatic N) is 2. The molecule has 0 atom stereocenters. The van der Waals surface area contributed by atoms with E-state index < -0.39 is 0 Å². The number of hydrogen-bond acceptors (Lipinski definition) is 4. The van der Waals surface area contributed by atoms with E-state index in [-0.39, 0.29) is 0 Å². The number of benzene rings is 1. The van der Waals surface area contributed by atoms with Gasteiger partial charge in [-0.3, -0.25) is 0 Å². The van der Waals surface area contributed by atoms with Gasteiger partial charge in [-0.25, -0.2) is 9.97 Å². The quantitative estimate of drug-likeness (QED) is 0.550. The Morgan fingerprint density at radius 1 is 1.06 bits per heavy atom. The molecule has 0 amide bonds. The molecule has 84 valence electrons. The van der Waals surface area contributed by atoms with Gasteiger partial charge in [0.15, 0.2) is 5.65 Å². The molecule has 0 fully saturated rings. The Morgan fingerprint density at radius 3 is 2.76 bits per heavy atom. The Morgan fingerprint density at radius 2 is 1.94 bits per heavy atom. The van der Waals surface area contributed by atoms with Gasteiger partial charge in [-0.2, -0.15) is 0 Å². The maximum absolute atomic E-state index is 5.74. The van der Waals surface area contributed by atoms with Crippen molar-refractivity contribution in [3.63, 3.8) is 0 Å². The molecule has 0 unspecified atom stereocenters. The molecule has 17 heavy (non-hydrogen) atoms. The topological polar surface area (TPSA) is 93.6 Å². The number of aromatic amines is 1. The molecule has 5 nitrogen and oxygen atoms in total. The second-order valence-electron chi connectivity index (χ2n) is 3.85. The van der Waals surface area contributed by atoms with Gasteiger partial charge in [0.05, 0.1) is 17.4 Å². The van der Waals surface area contributed by atoms with E-state index >= 15 is 0 Å². The van der Waals surface area contributed by atoms with Gasteiger partial charge in [0, 0.05) is 11.3 Å². The third kappa shape index (κ3) is 1.67. The van der Waals surface area contributed by atoms with Gasteiger partial charge >= 0.3 is 0 Å². The number of rotatable bonds is 1. The van der Waals surface area contributed by atoms with Crippen molar-refractivity contribution in [2.45, 2.75) is 0 Å². The van der Waals surface area contributed by atoms with E-state index in [0.717, 1.165) is 16.9 Å². The molecular formula is C12H11N5. The van der Waals surface area contributed by atoms with Crippen LogP contribution in [0.1, 0.15) is 0 Å². The van der Waals surface area contributed by atoms with E-state index in [2.05, 4.69) is 15.0 Å². The number of pyridine rings is 1. The molecule has 2 aromatic heterocycles. The lowest BCUT2D eigenvalue weighted by Gasteiger charge is -1.97. The fourth-order valence-corrected chi connectivity index (χ4v) is 1.74. The summed E-state index contributed by atoms with van der Waals surface area (Å²) >= 11 is 0. The molecule has 0 aliphatic carbocycles. The molecule has 5 N–H and O–H groups in total. The highest BCUT2D eigenvalue weighted by atomic mass is 15.0. The first kappa shape index (κ1) is 9.65. The van der Waals surface area contributed by atoms with Crippen LogP contribution in [0.2, 0.25) is 0 Å². The summed E-state index contributed by atoms with van der Waals surface area (Å²) < 4.78 is 0. The van der Waals surface area contributed by atoms with Gasteiger partial charge in [-0.1, -0.05) is 12.1 Å². The van der Waals surface area contributed by atoms with Crippen LogP contribution in [0.15, 0.2) is 36.5 Å². The van der Waals surface area contributed by atoms with Crippen LogP contribution in [-0.4, -0.2) is 15.0 Å². The van der Waals surface area contributed by atoms with Crippen LogP contribution in [0.5, 0.6) is 0 Å². The first-order chi connectivity index (χ1) is 8.22. The molecule has 0 aliphatic heterocycles. The number of nitrogen functional groups attached to an aromatic ring is 2. The lowest BCUT2D eigenvalue weighted by molar-refractivity contribution is 1.30. The normalized spacial score (nSPS) is 10.8. The Hall–Kier alpha value is -2.56. The Balaban J connectivity index is 2.18. The maximum atomic E-state index is 5.74. The predicted octanol–water partition coefficient (Wildman–Crippen LogP) is 1.79. The summed E-state index contributed by atoms with van der Waals surface area (Å²) in [6.07, 6.45) is 1.59. The van der Waals surface area contributed by atoms with Crippen LogP contribution < -0.4 is 11.5 Å².